The van der Waals surface area contributed by atoms with Crippen LogP contribution in [0.3, 0.4) is 0 Å². The van der Waals surface area contributed by atoms with E-state index in [9.17, 15) is 9.59 Å². The average Bonchev–Trinajstić information content (AvgIpc) is 2.98. The van der Waals surface area contributed by atoms with Crippen LogP contribution in [-0.2, 0) is 16.1 Å². The molecule has 2 rings (SSSR count). The molecule has 1 N–H and O–H groups in total. The van der Waals surface area contributed by atoms with Crippen LogP contribution in [-0.4, -0.2) is 29.3 Å². The van der Waals surface area contributed by atoms with E-state index in [2.05, 4.69) is 5.32 Å². The molecule has 2 heterocycles. The number of hydrogen-bond acceptors (Lipinski definition) is 3. The number of nitrogens with one attached hydrogen (secondary N) is 1. The first-order valence-electron chi connectivity index (χ1n) is 6.32. The summed E-state index contributed by atoms with van der Waals surface area (Å²) in [7, 11) is 0. The maximum absolute atomic E-state index is 12.0. The molecule has 1 fully saturated rings. The van der Waals surface area contributed by atoms with Gasteiger partial charge in [0.1, 0.15) is 11.8 Å². The Hall–Kier alpha value is -1.78. The standard InChI is InChI=1S/C13H18N2O3/c1-2-7-14-13(17)11-5-6-12(16)15(11)9-10-4-3-8-18-10/h3-4,8,11H,2,5-7,9H2,1H3,(H,14,17)/t11-/m0/s1. The van der Waals surface area contributed by atoms with Gasteiger partial charge in [0.15, 0.2) is 0 Å². The highest BCUT2D eigenvalue weighted by atomic mass is 16.3. The van der Waals surface area contributed by atoms with E-state index in [0.717, 1.165) is 6.42 Å². The van der Waals surface area contributed by atoms with Crippen LogP contribution in [0.5, 0.6) is 0 Å². The van der Waals surface area contributed by atoms with Crippen LogP contribution in [0, 0.1) is 0 Å². The smallest absolute Gasteiger partial charge is 0.242 e. The molecule has 1 saturated heterocycles. The van der Waals surface area contributed by atoms with E-state index in [1.165, 1.54) is 0 Å². The van der Waals surface area contributed by atoms with Crippen molar-refractivity contribution in [3.05, 3.63) is 24.2 Å². The number of furan rings is 1. The number of rotatable bonds is 5. The van der Waals surface area contributed by atoms with Gasteiger partial charge in [-0.1, -0.05) is 6.92 Å². The molecule has 18 heavy (non-hydrogen) atoms. The van der Waals surface area contributed by atoms with Gasteiger partial charge in [0.2, 0.25) is 11.8 Å². The van der Waals surface area contributed by atoms with Crippen molar-refractivity contribution in [2.45, 2.75) is 38.8 Å². The predicted molar refractivity (Wildman–Crippen MR) is 65.6 cm³/mol. The Morgan fingerprint density at radius 2 is 2.44 bits per heavy atom. The van der Waals surface area contributed by atoms with Gasteiger partial charge in [-0.25, -0.2) is 0 Å². The van der Waals surface area contributed by atoms with Gasteiger partial charge < -0.3 is 14.6 Å². The highest BCUT2D eigenvalue weighted by Gasteiger charge is 2.36. The summed E-state index contributed by atoms with van der Waals surface area (Å²) in [6.45, 7) is 3.02. The number of carbonyl (C=O) groups is 2. The quantitative estimate of drug-likeness (QED) is 0.856. The van der Waals surface area contributed by atoms with Crippen LogP contribution in [0.25, 0.3) is 0 Å². The maximum atomic E-state index is 12.0. The SMILES string of the molecule is CCCNC(=O)[C@@H]1CCC(=O)N1Cc1ccco1. The predicted octanol–water partition coefficient (Wildman–Crippen LogP) is 1.30. The third-order valence-corrected chi connectivity index (χ3v) is 3.09. The second-order valence-corrected chi connectivity index (χ2v) is 4.45. The van der Waals surface area contributed by atoms with E-state index in [0.29, 0.717) is 31.7 Å². The van der Waals surface area contributed by atoms with Crippen LogP contribution in [0.2, 0.25) is 0 Å². The minimum absolute atomic E-state index is 0.0167. The van der Waals surface area contributed by atoms with Crippen LogP contribution >= 0.6 is 0 Å². The van der Waals surface area contributed by atoms with Gasteiger partial charge >= 0.3 is 0 Å². The maximum Gasteiger partial charge on any atom is 0.242 e. The van der Waals surface area contributed by atoms with Crippen molar-refractivity contribution in [1.29, 1.82) is 0 Å². The fraction of sp³-hybridized carbons (Fsp3) is 0.538. The third-order valence-electron chi connectivity index (χ3n) is 3.09. The molecule has 0 aliphatic carbocycles. The lowest BCUT2D eigenvalue weighted by molar-refractivity contribution is -0.136. The molecule has 1 aromatic rings. The van der Waals surface area contributed by atoms with Gasteiger partial charge in [0.05, 0.1) is 12.8 Å². The van der Waals surface area contributed by atoms with Gasteiger partial charge in [0.25, 0.3) is 0 Å². The fourth-order valence-electron chi connectivity index (χ4n) is 2.14. The van der Waals surface area contributed by atoms with Crippen molar-refractivity contribution in [2.24, 2.45) is 0 Å². The fourth-order valence-corrected chi connectivity index (χ4v) is 2.14. The zero-order valence-corrected chi connectivity index (χ0v) is 10.5. The number of likely N-dealkylation sites (tertiary alicyclic amines) is 1. The van der Waals surface area contributed by atoms with Crippen LogP contribution in [0.4, 0.5) is 0 Å². The van der Waals surface area contributed by atoms with E-state index >= 15 is 0 Å². The molecule has 1 aliphatic rings. The molecule has 2 amide bonds. The summed E-state index contributed by atoms with van der Waals surface area (Å²) in [4.78, 5) is 25.3. The second kappa shape index (κ2) is 5.71. The lowest BCUT2D eigenvalue weighted by atomic mass is 10.2. The highest BCUT2D eigenvalue weighted by molar-refractivity contribution is 5.90. The first-order valence-corrected chi connectivity index (χ1v) is 6.32. The molecule has 0 bridgehead atoms. The summed E-state index contributed by atoms with van der Waals surface area (Å²) >= 11 is 0. The number of carbonyl (C=O) groups excluding carboxylic acids is 2. The number of amides is 2. The topological polar surface area (TPSA) is 62.6 Å². The molecule has 0 unspecified atom stereocenters. The Morgan fingerprint density at radius 1 is 1.61 bits per heavy atom. The van der Waals surface area contributed by atoms with Crippen molar-refractivity contribution in [3.63, 3.8) is 0 Å². The van der Waals surface area contributed by atoms with Crippen molar-refractivity contribution < 1.29 is 14.0 Å². The molecule has 1 aliphatic heterocycles. The van der Waals surface area contributed by atoms with Crippen LogP contribution in [0.15, 0.2) is 22.8 Å². The Kier molecular flexibility index (Phi) is 4.02. The zero-order chi connectivity index (χ0) is 13.0. The minimum atomic E-state index is -0.353. The lowest BCUT2D eigenvalue weighted by Gasteiger charge is -2.22. The Morgan fingerprint density at radius 3 is 3.11 bits per heavy atom. The Bertz CT molecular complexity index is 414. The summed E-state index contributed by atoms with van der Waals surface area (Å²) in [5, 5.41) is 2.84. The molecular weight excluding hydrogens is 232 g/mol. The normalized spacial score (nSPS) is 19.3. The number of hydrogen-bond donors (Lipinski definition) is 1. The van der Waals surface area contributed by atoms with Crippen LogP contribution < -0.4 is 5.32 Å². The molecule has 5 nitrogen and oxygen atoms in total. The molecule has 98 valence electrons. The Balaban J connectivity index is 2.01. The van der Waals surface area contributed by atoms with E-state index in [4.69, 9.17) is 4.42 Å². The molecule has 0 aromatic carbocycles. The highest BCUT2D eigenvalue weighted by Crippen LogP contribution is 2.21. The van der Waals surface area contributed by atoms with Gasteiger partial charge in [0, 0.05) is 13.0 Å². The summed E-state index contributed by atoms with van der Waals surface area (Å²) in [6, 6.07) is 3.24. The summed E-state index contributed by atoms with van der Waals surface area (Å²) < 4.78 is 5.23. The van der Waals surface area contributed by atoms with Crippen molar-refractivity contribution in [2.75, 3.05) is 6.54 Å². The van der Waals surface area contributed by atoms with Gasteiger partial charge in [-0.2, -0.15) is 0 Å². The molecular formula is C13H18N2O3. The first-order chi connectivity index (χ1) is 8.72. The largest absolute Gasteiger partial charge is 0.467 e. The molecule has 1 aromatic heterocycles. The van der Waals surface area contributed by atoms with Gasteiger partial charge in [-0.05, 0) is 25.0 Å². The van der Waals surface area contributed by atoms with E-state index < -0.39 is 0 Å². The summed E-state index contributed by atoms with van der Waals surface area (Å²) in [5.41, 5.74) is 0. The molecule has 0 saturated carbocycles. The summed E-state index contributed by atoms with van der Waals surface area (Å²) in [5.74, 6) is 0.663. The zero-order valence-electron chi connectivity index (χ0n) is 10.5. The number of nitrogens with zero attached hydrogens (tertiary/aromatic N) is 1. The minimum Gasteiger partial charge on any atom is -0.467 e. The molecule has 5 heteroatoms. The monoisotopic (exact) mass is 250 g/mol. The molecule has 0 spiro atoms. The van der Waals surface area contributed by atoms with E-state index in [1.807, 2.05) is 13.0 Å². The van der Waals surface area contributed by atoms with Crippen molar-refractivity contribution in [1.82, 2.24) is 10.2 Å². The molecule has 1 atom stereocenters. The van der Waals surface area contributed by atoms with Crippen molar-refractivity contribution in [3.8, 4) is 0 Å². The average molecular weight is 250 g/mol. The summed E-state index contributed by atoms with van der Waals surface area (Å²) in [6.07, 6.45) is 3.49. The molecule has 0 radical (unpaired) electrons. The first kappa shape index (κ1) is 12.7. The van der Waals surface area contributed by atoms with Crippen LogP contribution in [0.1, 0.15) is 31.9 Å². The van der Waals surface area contributed by atoms with E-state index in [1.54, 1.807) is 17.2 Å². The van der Waals surface area contributed by atoms with Crippen molar-refractivity contribution >= 4 is 11.8 Å². The van der Waals surface area contributed by atoms with Gasteiger partial charge in [-0.3, -0.25) is 9.59 Å². The second-order valence-electron chi connectivity index (χ2n) is 4.45. The van der Waals surface area contributed by atoms with E-state index in [-0.39, 0.29) is 17.9 Å². The third kappa shape index (κ3) is 2.72. The van der Waals surface area contributed by atoms with Gasteiger partial charge in [-0.15, -0.1) is 0 Å². The lowest BCUT2D eigenvalue weighted by Crippen LogP contribution is -2.44. The Labute approximate surface area is 106 Å².